The number of ether oxygens (including phenoxy) is 1. The Labute approximate surface area is 121 Å². The molecular weight excluding hydrogens is 280 g/mol. The van der Waals surface area contributed by atoms with Gasteiger partial charge in [-0.3, -0.25) is 0 Å². The number of thioether (sulfide) groups is 1. The van der Waals surface area contributed by atoms with Gasteiger partial charge in [-0.05, 0) is 12.1 Å². The molecule has 0 fully saturated rings. The summed E-state index contributed by atoms with van der Waals surface area (Å²) >= 11 is 3.28. The maximum absolute atomic E-state index is 9.84. The fraction of sp³-hybridized carbons (Fsp3) is 0.462. The van der Waals surface area contributed by atoms with Crippen molar-refractivity contribution in [3.63, 3.8) is 0 Å². The van der Waals surface area contributed by atoms with Crippen molar-refractivity contribution in [2.24, 2.45) is 0 Å². The Kier molecular flexibility index (Phi) is 6.06. The fourth-order valence-corrected chi connectivity index (χ4v) is 3.60. The number of methoxy groups -OCH3 is 1. The van der Waals surface area contributed by atoms with Crippen LogP contribution < -0.4 is 5.32 Å². The maximum atomic E-state index is 9.84. The first-order valence-electron chi connectivity index (χ1n) is 6.15. The topological polar surface area (TPSA) is 54.4 Å². The molecule has 1 heterocycles. The number of aromatic nitrogens is 1. The van der Waals surface area contributed by atoms with Gasteiger partial charge in [-0.1, -0.05) is 23.9 Å². The van der Waals surface area contributed by atoms with Crippen LogP contribution in [0.3, 0.4) is 0 Å². The lowest BCUT2D eigenvalue weighted by atomic mass is 10.3. The highest BCUT2D eigenvalue weighted by molar-refractivity contribution is 8.01. The van der Waals surface area contributed by atoms with Gasteiger partial charge >= 0.3 is 0 Å². The predicted octanol–water partition coefficient (Wildman–Crippen LogP) is 1.99. The summed E-state index contributed by atoms with van der Waals surface area (Å²) in [6.45, 7) is 2.01. The first-order chi connectivity index (χ1) is 9.29. The van der Waals surface area contributed by atoms with Crippen molar-refractivity contribution >= 4 is 33.3 Å². The van der Waals surface area contributed by atoms with Crippen molar-refractivity contribution in [1.82, 2.24) is 10.3 Å². The molecule has 0 saturated heterocycles. The van der Waals surface area contributed by atoms with Gasteiger partial charge in [-0.25, -0.2) is 4.98 Å². The van der Waals surface area contributed by atoms with Crippen LogP contribution in [0.4, 0.5) is 0 Å². The lowest BCUT2D eigenvalue weighted by Gasteiger charge is -2.10. The zero-order chi connectivity index (χ0) is 13.5. The van der Waals surface area contributed by atoms with Crippen LogP contribution in [0.25, 0.3) is 10.2 Å². The highest BCUT2D eigenvalue weighted by Crippen LogP contribution is 2.29. The number of rotatable bonds is 8. The highest BCUT2D eigenvalue weighted by Gasteiger charge is 2.08. The molecule has 0 bridgehead atoms. The molecule has 0 amide bonds. The molecule has 1 atom stereocenters. The van der Waals surface area contributed by atoms with E-state index in [9.17, 15) is 5.11 Å². The zero-order valence-electron chi connectivity index (χ0n) is 10.8. The first-order valence-corrected chi connectivity index (χ1v) is 7.96. The van der Waals surface area contributed by atoms with Crippen molar-refractivity contribution in [2.45, 2.75) is 10.4 Å². The molecule has 0 saturated carbocycles. The minimum absolute atomic E-state index is 0.367. The van der Waals surface area contributed by atoms with Crippen LogP contribution in [-0.2, 0) is 4.74 Å². The van der Waals surface area contributed by atoms with E-state index < -0.39 is 0 Å². The second-order valence-corrected chi connectivity index (χ2v) is 6.41. The van der Waals surface area contributed by atoms with Gasteiger partial charge in [-0.15, -0.1) is 11.3 Å². The number of thiazole rings is 1. The van der Waals surface area contributed by atoms with E-state index in [-0.39, 0.29) is 6.10 Å². The number of aliphatic hydroxyl groups is 1. The molecule has 6 heteroatoms. The molecule has 0 aliphatic rings. The number of para-hydroxylation sites is 1. The Hall–Kier alpha value is -0.660. The quantitative estimate of drug-likeness (QED) is 0.576. The lowest BCUT2D eigenvalue weighted by molar-refractivity contribution is 0.175. The van der Waals surface area contributed by atoms with Crippen LogP contribution in [-0.4, -0.2) is 48.8 Å². The fourth-order valence-electron chi connectivity index (χ4n) is 1.58. The van der Waals surface area contributed by atoms with Crippen molar-refractivity contribution in [1.29, 1.82) is 0 Å². The summed E-state index contributed by atoms with van der Waals surface area (Å²) in [6, 6.07) is 8.09. The molecule has 4 nitrogen and oxygen atoms in total. The third-order valence-corrected chi connectivity index (χ3v) is 4.86. The third-order valence-electron chi connectivity index (χ3n) is 2.54. The minimum atomic E-state index is -0.367. The number of aliphatic hydroxyl groups excluding tert-OH is 1. The number of hydrogen-bond acceptors (Lipinski definition) is 6. The molecule has 1 unspecified atom stereocenters. The summed E-state index contributed by atoms with van der Waals surface area (Å²) in [6.07, 6.45) is -0.367. The number of hydrogen-bond donors (Lipinski definition) is 2. The zero-order valence-corrected chi connectivity index (χ0v) is 12.5. The molecule has 2 aromatic rings. The third kappa shape index (κ3) is 4.74. The van der Waals surface area contributed by atoms with Crippen molar-refractivity contribution in [3.8, 4) is 0 Å². The molecule has 2 rings (SSSR count). The molecular formula is C13H18N2O2S2. The van der Waals surface area contributed by atoms with E-state index in [1.165, 1.54) is 4.70 Å². The summed E-state index contributed by atoms with van der Waals surface area (Å²) in [7, 11) is 1.67. The van der Waals surface area contributed by atoms with Crippen LogP contribution in [0.1, 0.15) is 0 Å². The van der Waals surface area contributed by atoms with E-state index in [2.05, 4.69) is 16.4 Å². The van der Waals surface area contributed by atoms with E-state index >= 15 is 0 Å². The number of fused-ring (bicyclic) bond motifs is 1. The van der Waals surface area contributed by atoms with Gasteiger partial charge in [0.25, 0.3) is 0 Å². The molecule has 1 aromatic heterocycles. The molecule has 0 aliphatic heterocycles. The van der Waals surface area contributed by atoms with Gasteiger partial charge < -0.3 is 15.2 Å². The largest absolute Gasteiger partial charge is 0.391 e. The normalized spacial score (nSPS) is 12.9. The average molecular weight is 298 g/mol. The second-order valence-electron chi connectivity index (χ2n) is 4.11. The molecule has 0 aliphatic carbocycles. The number of nitrogens with one attached hydrogen (secondary N) is 1. The summed E-state index contributed by atoms with van der Waals surface area (Å²) < 4.78 is 7.13. The first kappa shape index (κ1) is 14.7. The summed E-state index contributed by atoms with van der Waals surface area (Å²) in [5.41, 5.74) is 1.03. The standard InChI is InChI=1S/C13H18N2O2S2/c1-17-7-6-14-8-10(16)9-18-13-15-11-4-2-3-5-12(11)19-13/h2-5,10,14,16H,6-9H2,1H3. The van der Waals surface area contributed by atoms with Gasteiger partial charge in [0.15, 0.2) is 4.34 Å². The Morgan fingerprint density at radius 2 is 2.32 bits per heavy atom. The SMILES string of the molecule is COCCNCC(O)CSc1nc2ccccc2s1. The van der Waals surface area contributed by atoms with Crippen molar-refractivity contribution < 1.29 is 9.84 Å². The van der Waals surface area contributed by atoms with Crippen molar-refractivity contribution in [3.05, 3.63) is 24.3 Å². The number of nitrogens with zero attached hydrogens (tertiary/aromatic N) is 1. The van der Waals surface area contributed by atoms with Gasteiger partial charge in [0.1, 0.15) is 0 Å². The molecule has 2 N–H and O–H groups in total. The molecule has 104 valence electrons. The van der Waals surface area contributed by atoms with E-state index in [4.69, 9.17) is 4.74 Å². The van der Waals surface area contributed by atoms with Crippen LogP contribution in [0, 0.1) is 0 Å². The Morgan fingerprint density at radius 3 is 3.11 bits per heavy atom. The Balaban J connectivity index is 1.75. The van der Waals surface area contributed by atoms with E-state index in [1.54, 1.807) is 30.2 Å². The summed E-state index contributed by atoms with van der Waals surface area (Å²) in [4.78, 5) is 4.52. The van der Waals surface area contributed by atoms with E-state index in [0.717, 1.165) is 16.4 Å². The smallest absolute Gasteiger partial charge is 0.151 e. The summed E-state index contributed by atoms with van der Waals surface area (Å²) in [5.74, 6) is 0.653. The van der Waals surface area contributed by atoms with Crippen LogP contribution >= 0.6 is 23.1 Å². The Bertz CT molecular complexity index is 471. The highest BCUT2D eigenvalue weighted by atomic mass is 32.2. The molecule has 0 spiro atoms. The van der Waals surface area contributed by atoms with E-state index in [0.29, 0.717) is 18.9 Å². The minimum Gasteiger partial charge on any atom is -0.391 e. The van der Waals surface area contributed by atoms with Crippen molar-refractivity contribution in [2.75, 3.05) is 32.6 Å². The van der Waals surface area contributed by atoms with Gasteiger partial charge in [-0.2, -0.15) is 0 Å². The maximum Gasteiger partial charge on any atom is 0.151 e. The molecule has 19 heavy (non-hydrogen) atoms. The second kappa shape index (κ2) is 7.81. The monoisotopic (exact) mass is 298 g/mol. The lowest BCUT2D eigenvalue weighted by Crippen LogP contribution is -2.30. The van der Waals surface area contributed by atoms with E-state index in [1.807, 2.05) is 18.2 Å². The average Bonchev–Trinajstić information content (AvgIpc) is 2.84. The molecule has 0 radical (unpaired) electrons. The predicted molar refractivity (Wildman–Crippen MR) is 81.1 cm³/mol. The molecule has 1 aromatic carbocycles. The number of benzene rings is 1. The van der Waals surface area contributed by atoms with Gasteiger partial charge in [0.05, 0.1) is 22.9 Å². The van der Waals surface area contributed by atoms with Gasteiger partial charge in [0.2, 0.25) is 0 Å². The van der Waals surface area contributed by atoms with Crippen LogP contribution in [0.2, 0.25) is 0 Å². The van der Waals surface area contributed by atoms with Crippen LogP contribution in [0.15, 0.2) is 28.6 Å². The van der Waals surface area contributed by atoms with Gasteiger partial charge in [0, 0.05) is 26.0 Å². The van der Waals surface area contributed by atoms with Crippen LogP contribution in [0.5, 0.6) is 0 Å². The Morgan fingerprint density at radius 1 is 1.47 bits per heavy atom. The summed E-state index contributed by atoms with van der Waals surface area (Å²) in [5, 5.41) is 13.0.